The summed E-state index contributed by atoms with van der Waals surface area (Å²) < 4.78 is 47.6. The van der Waals surface area contributed by atoms with Gasteiger partial charge in [-0.1, -0.05) is 6.92 Å². The van der Waals surface area contributed by atoms with Gasteiger partial charge in [0.05, 0.1) is 29.8 Å². The van der Waals surface area contributed by atoms with Gasteiger partial charge in [-0.25, -0.2) is 9.97 Å². The predicted octanol–water partition coefficient (Wildman–Crippen LogP) is 5.37. The number of nitrogens with zero attached hydrogens (tertiary/aromatic N) is 5. The average molecular weight is 617 g/mol. The van der Waals surface area contributed by atoms with E-state index in [0.29, 0.717) is 45.1 Å². The molecule has 222 valence electrons. The van der Waals surface area contributed by atoms with Gasteiger partial charge in [0.2, 0.25) is 5.95 Å². The number of rotatable bonds is 6. The summed E-state index contributed by atoms with van der Waals surface area (Å²) >= 11 is 2.52. The second-order valence-electron chi connectivity index (χ2n) is 11.2. The standard InChI is InChI=1S/C29H31F3N6O2S2/c1-3-16-8-17(37-12-19-9-18(37)13-38(19)20-14-40-15-20)4-5-22(16)34-28-33-11-21(29(30,31)32)25(35-28)23-10-24-26(42-23)27(39)36(2)6-7-41-24/h4-5,8,10-11,18-20H,3,6-7,9,12-15H2,1-2H3,(H,33,34,35). The van der Waals surface area contributed by atoms with E-state index >= 15 is 0 Å². The lowest BCUT2D eigenvalue weighted by Crippen LogP contribution is -2.56. The van der Waals surface area contributed by atoms with E-state index in [0.717, 1.165) is 73.6 Å². The van der Waals surface area contributed by atoms with Crippen LogP contribution in [0.5, 0.6) is 0 Å². The Bertz CT molecular complexity index is 1530. The van der Waals surface area contributed by atoms with Crippen LogP contribution in [0.25, 0.3) is 10.6 Å². The van der Waals surface area contributed by atoms with Gasteiger partial charge in [-0.05, 0) is 42.7 Å². The van der Waals surface area contributed by atoms with Crippen LogP contribution < -0.4 is 10.2 Å². The molecule has 0 radical (unpaired) electrons. The van der Waals surface area contributed by atoms with E-state index < -0.39 is 11.7 Å². The fourth-order valence-corrected chi connectivity index (χ4v) is 8.75. The number of alkyl halides is 3. The molecule has 8 nitrogen and oxygen atoms in total. The molecule has 1 N–H and O–H groups in total. The van der Waals surface area contributed by atoms with Gasteiger partial charge in [0.25, 0.3) is 5.91 Å². The molecule has 7 rings (SSSR count). The van der Waals surface area contributed by atoms with Crippen LogP contribution in [0.1, 0.15) is 34.1 Å². The van der Waals surface area contributed by atoms with E-state index in [1.807, 2.05) is 6.07 Å². The second-order valence-corrected chi connectivity index (χ2v) is 13.4. The van der Waals surface area contributed by atoms with Gasteiger partial charge < -0.3 is 19.9 Å². The number of thiophene rings is 1. The molecular formula is C29H31F3N6O2S2. The first-order chi connectivity index (χ1) is 20.2. The van der Waals surface area contributed by atoms with Crippen molar-refractivity contribution in [2.45, 2.75) is 49.0 Å². The van der Waals surface area contributed by atoms with Crippen LogP contribution in [0.15, 0.2) is 35.4 Å². The molecule has 0 aliphatic carbocycles. The first-order valence-corrected chi connectivity index (χ1v) is 16.0. The smallest absolute Gasteiger partial charge is 0.378 e. The van der Waals surface area contributed by atoms with Crippen molar-refractivity contribution in [1.82, 2.24) is 19.8 Å². The number of benzene rings is 1. The minimum Gasteiger partial charge on any atom is -0.378 e. The molecule has 0 spiro atoms. The minimum atomic E-state index is -4.64. The number of hydrogen-bond donors (Lipinski definition) is 1. The number of nitrogens with one attached hydrogen (secondary N) is 1. The first-order valence-electron chi connectivity index (χ1n) is 14.2. The molecule has 1 amide bonds. The van der Waals surface area contributed by atoms with E-state index in [4.69, 9.17) is 4.74 Å². The number of amides is 1. The topological polar surface area (TPSA) is 73.8 Å². The molecule has 2 unspecified atom stereocenters. The monoisotopic (exact) mass is 616 g/mol. The van der Waals surface area contributed by atoms with Crippen molar-refractivity contribution < 1.29 is 22.7 Å². The second kappa shape index (κ2) is 10.7. The fraction of sp³-hybridized carbons (Fsp3) is 0.483. The maximum atomic E-state index is 14.1. The van der Waals surface area contributed by atoms with Gasteiger partial charge in [0.1, 0.15) is 10.4 Å². The zero-order chi connectivity index (χ0) is 29.2. The number of carbonyl (C=O) groups is 1. The quantitative estimate of drug-likeness (QED) is 0.397. The molecule has 3 fully saturated rings. The van der Waals surface area contributed by atoms with E-state index in [9.17, 15) is 18.0 Å². The largest absolute Gasteiger partial charge is 0.420 e. The summed E-state index contributed by atoms with van der Waals surface area (Å²) in [6.07, 6.45) is -1.92. The summed E-state index contributed by atoms with van der Waals surface area (Å²) in [6.45, 7) is 6.35. The van der Waals surface area contributed by atoms with Crippen molar-refractivity contribution in [3.05, 3.63) is 46.5 Å². The Hall–Kier alpha value is -2.87. The molecule has 4 aliphatic heterocycles. The zero-order valence-corrected chi connectivity index (χ0v) is 24.9. The van der Waals surface area contributed by atoms with Gasteiger partial charge in [-0.15, -0.1) is 23.1 Å². The third-order valence-electron chi connectivity index (χ3n) is 8.67. The van der Waals surface area contributed by atoms with Gasteiger partial charge >= 0.3 is 6.18 Å². The predicted molar refractivity (Wildman–Crippen MR) is 158 cm³/mol. The van der Waals surface area contributed by atoms with Crippen LogP contribution >= 0.6 is 23.1 Å². The molecule has 4 aliphatic rings. The molecule has 3 saturated heterocycles. The van der Waals surface area contributed by atoms with Gasteiger partial charge in [0, 0.05) is 67.0 Å². The number of thioether (sulfide) groups is 1. The van der Waals surface area contributed by atoms with Crippen molar-refractivity contribution >= 4 is 46.3 Å². The number of likely N-dealkylation sites (tertiary alicyclic amines) is 1. The highest BCUT2D eigenvalue weighted by Crippen LogP contribution is 2.43. The Kier molecular flexibility index (Phi) is 7.11. The Morgan fingerprint density at radius 3 is 2.67 bits per heavy atom. The van der Waals surface area contributed by atoms with Gasteiger partial charge in [-0.3, -0.25) is 9.69 Å². The van der Waals surface area contributed by atoms with Crippen LogP contribution in [0, 0.1) is 0 Å². The summed E-state index contributed by atoms with van der Waals surface area (Å²) in [7, 11) is 1.70. The maximum Gasteiger partial charge on any atom is 0.420 e. The number of fused-ring (bicyclic) bond motifs is 3. The average Bonchev–Trinajstić information content (AvgIpc) is 3.64. The lowest BCUT2D eigenvalue weighted by atomic mass is 10.1. The number of carbonyl (C=O) groups excluding carboxylic acids is 1. The zero-order valence-electron chi connectivity index (χ0n) is 23.3. The van der Waals surface area contributed by atoms with Crippen LogP contribution in [-0.4, -0.2) is 89.4 Å². The van der Waals surface area contributed by atoms with E-state index in [2.05, 4.69) is 44.1 Å². The van der Waals surface area contributed by atoms with Crippen LogP contribution in [0.2, 0.25) is 0 Å². The maximum absolute atomic E-state index is 14.1. The highest BCUT2D eigenvalue weighted by molar-refractivity contribution is 7.99. The third-order valence-corrected chi connectivity index (χ3v) is 10.9. The summed E-state index contributed by atoms with van der Waals surface area (Å²) in [6, 6.07) is 9.44. The van der Waals surface area contributed by atoms with E-state index in [1.165, 1.54) is 11.8 Å². The van der Waals surface area contributed by atoms with Crippen LogP contribution in [-0.2, 0) is 17.3 Å². The third kappa shape index (κ3) is 4.93. The normalized spacial score (nSPS) is 22.8. The minimum absolute atomic E-state index is 0.0822. The summed E-state index contributed by atoms with van der Waals surface area (Å²) in [5.74, 6) is 0.575. The molecule has 6 heterocycles. The van der Waals surface area contributed by atoms with Crippen molar-refractivity contribution in [3.63, 3.8) is 0 Å². The highest BCUT2D eigenvalue weighted by Gasteiger charge is 2.47. The first kappa shape index (κ1) is 27.9. The molecule has 1 aromatic carbocycles. The van der Waals surface area contributed by atoms with Crippen molar-refractivity contribution in [2.24, 2.45) is 0 Å². The van der Waals surface area contributed by atoms with Crippen molar-refractivity contribution in [3.8, 4) is 10.6 Å². The van der Waals surface area contributed by atoms with Crippen LogP contribution in [0.4, 0.5) is 30.5 Å². The summed E-state index contributed by atoms with van der Waals surface area (Å²) in [4.78, 5) is 29.3. The molecule has 2 bridgehead atoms. The Morgan fingerprint density at radius 1 is 1.14 bits per heavy atom. The number of aromatic nitrogens is 2. The SMILES string of the molecule is CCc1cc(N2CC3CC2CN3C2COC2)ccc1Nc1ncc(C(F)(F)F)c(-c2cc3c(s2)C(=O)N(C)CCS3)n1. The lowest BCUT2D eigenvalue weighted by Gasteiger charge is -2.43. The van der Waals surface area contributed by atoms with E-state index in [1.54, 1.807) is 18.0 Å². The van der Waals surface area contributed by atoms with Gasteiger partial charge in [-0.2, -0.15) is 13.2 Å². The molecule has 0 saturated carbocycles. The number of hydrogen-bond acceptors (Lipinski definition) is 9. The molecular weight excluding hydrogens is 585 g/mol. The summed E-state index contributed by atoms with van der Waals surface area (Å²) in [5, 5.41) is 3.18. The number of piperazine rings is 1. The summed E-state index contributed by atoms with van der Waals surface area (Å²) in [5.41, 5.74) is 1.82. The van der Waals surface area contributed by atoms with Gasteiger partial charge in [0.15, 0.2) is 0 Å². The molecule has 13 heteroatoms. The Labute approximate surface area is 250 Å². The molecule has 2 atom stereocenters. The molecule has 2 aromatic heterocycles. The number of aryl methyl sites for hydroxylation is 1. The highest BCUT2D eigenvalue weighted by atomic mass is 32.2. The number of halogens is 3. The Morgan fingerprint density at radius 2 is 1.98 bits per heavy atom. The number of ether oxygens (including phenoxy) is 1. The van der Waals surface area contributed by atoms with Crippen molar-refractivity contribution in [1.29, 1.82) is 0 Å². The van der Waals surface area contributed by atoms with E-state index in [-0.39, 0.29) is 17.5 Å². The number of anilines is 3. The molecule has 42 heavy (non-hydrogen) atoms. The lowest BCUT2D eigenvalue weighted by molar-refractivity contribution is -0.137. The van der Waals surface area contributed by atoms with Crippen LogP contribution in [0.3, 0.4) is 0 Å². The fourth-order valence-electron chi connectivity index (χ4n) is 6.32. The Balaban J connectivity index is 1.16. The molecule has 3 aromatic rings. The van der Waals surface area contributed by atoms with Crippen molar-refractivity contribution in [2.75, 3.05) is 55.9 Å².